The minimum atomic E-state index is 0.262. The molecule has 0 fully saturated rings. The Morgan fingerprint density at radius 3 is 2.06 bits per heavy atom. The molecule has 0 amide bonds. The number of nitrogens with zero attached hydrogens (tertiary/aromatic N) is 3. The number of aliphatic imine (C=N–C) groups is 2. The first kappa shape index (κ1) is 16.3. The van der Waals surface area contributed by atoms with Crippen molar-refractivity contribution in [2.24, 2.45) is 9.98 Å². The maximum Gasteiger partial charge on any atom is 0.0895 e. The first-order valence-corrected chi connectivity index (χ1v) is 6.85. The molecule has 3 heteroatoms. The van der Waals surface area contributed by atoms with Crippen LogP contribution in [0.2, 0.25) is 0 Å². The van der Waals surface area contributed by atoms with Crippen molar-refractivity contribution < 1.29 is 0 Å². The molecule has 0 aromatic carbocycles. The lowest BCUT2D eigenvalue weighted by Crippen LogP contribution is -2.45. The zero-order chi connectivity index (χ0) is 13.3. The van der Waals surface area contributed by atoms with Crippen LogP contribution in [0.25, 0.3) is 0 Å². The minimum Gasteiger partial charge on any atom is -0.304 e. The summed E-state index contributed by atoms with van der Waals surface area (Å²) >= 11 is 0. The Bertz CT molecular complexity index is 248. The van der Waals surface area contributed by atoms with Gasteiger partial charge in [-0.15, -0.1) is 0 Å². The smallest absolute Gasteiger partial charge is 0.0895 e. The zero-order valence-electron chi connectivity index (χ0n) is 12.5. The first-order chi connectivity index (χ1) is 8.06. The van der Waals surface area contributed by atoms with Crippen molar-refractivity contribution in [3.63, 3.8) is 0 Å². The van der Waals surface area contributed by atoms with Crippen LogP contribution in [0.15, 0.2) is 9.98 Å². The summed E-state index contributed by atoms with van der Waals surface area (Å²) in [5.74, 6) is 0. The number of rotatable bonds is 8. The summed E-state index contributed by atoms with van der Waals surface area (Å²) in [6.45, 7) is 9.49. The topological polar surface area (TPSA) is 28.0 Å². The highest BCUT2D eigenvalue weighted by Gasteiger charge is 2.31. The predicted octanol–water partition coefficient (Wildman–Crippen LogP) is 3.47. The molecule has 0 aliphatic carbocycles. The molecule has 0 saturated carbocycles. The third-order valence-electron chi connectivity index (χ3n) is 3.82. The summed E-state index contributed by atoms with van der Waals surface area (Å²) in [4.78, 5) is 10.9. The quantitative estimate of drug-likeness (QED) is 0.596. The molecule has 17 heavy (non-hydrogen) atoms. The van der Waals surface area contributed by atoms with Gasteiger partial charge in [0.05, 0.1) is 12.1 Å². The highest BCUT2D eigenvalue weighted by molar-refractivity contribution is 5.41. The van der Waals surface area contributed by atoms with Crippen LogP contribution in [0.4, 0.5) is 0 Å². The van der Waals surface area contributed by atoms with Gasteiger partial charge in [-0.2, -0.15) is 0 Å². The van der Waals surface area contributed by atoms with Crippen LogP contribution in [-0.4, -0.2) is 43.1 Å². The molecule has 1 unspecified atom stereocenters. The molecule has 0 rings (SSSR count). The predicted molar refractivity (Wildman–Crippen MR) is 76.1 cm³/mol. The fraction of sp³-hybridized carbons (Fsp3) is 0.929. The van der Waals surface area contributed by atoms with Crippen molar-refractivity contribution >= 4 is 6.01 Å². The van der Waals surface area contributed by atoms with E-state index in [9.17, 15) is 0 Å². The number of hydrogen-bond donors (Lipinski definition) is 0. The van der Waals surface area contributed by atoms with Gasteiger partial charge in [-0.05, 0) is 46.7 Å². The van der Waals surface area contributed by atoms with E-state index in [2.05, 4.69) is 55.8 Å². The normalized spacial score (nSPS) is 13.4. The summed E-state index contributed by atoms with van der Waals surface area (Å²) in [6.07, 6.45) is 4.47. The first-order valence-electron chi connectivity index (χ1n) is 6.85. The minimum absolute atomic E-state index is 0.262. The van der Waals surface area contributed by atoms with Gasteiger partial charge in [0.1, 0.15) is 0 Å². The molecule has 0 N–H and O–H groups in total. The molecule has 1 atom stereocenters. The van der Waals surface area contributed by atoms with Crippen molar-refractivity contribution in [3.05, 3.63) is 0 Å². The summed E-state index contributed by atoms with van der Waals surface area (Å²) in [5.41, 5.74) is 0.262. The van der Waals surface area contributed by atoms with E-state index >= 15 is 0 Å². The maximum absolute atomic E-state index is 4.45. The molecule has 0 bridgehead atoms. The molecule has 100 valence electrons. The second kappa shape index (κ2) is 8.43. The second-order valence-corrected chi connectivity index (χ2v) is 4.80. The summed E-state index contributed by atoms with van der Waals surface area (Å²) in [7, 11) is 4.34. The van der Waals surface area contributed by atoms with Crippen molar-refractivity contribution in [2.45, 2.75) is 65.0 Å². The maximum atomic E-state index is 4.45. The van der Waals surface area contributed by atoms with Crippen LogP contribution in [-0.2, 0) is 0 Å². The van der Waals surface area contributed by atoms with Gasteiger partial charge in [-0.3, -0.25) is 0 Å². The highest BCUT2D eigenvalue weighted by Crippen LogP contribution is 2.28. The van der Waals surface area contributed by atoms with Gasteiger partial charge in [-0.25, -0.2) is 9.98 Å². The fourth-order valence-electron chi connectivity index (χ4n) is 2.27. The van der Waals surface area contributed by atoms with Crippen LogP contribution < -0.4 is 0 Å². The highest BCUT2D eigenvalue weighted by atomic mass is 15.1. The Morgan fingerprint density at radius 2 is 1.71 bits per heavy atom. The average Bonchev–Trinajstić information content (AvgIpc) is 2.33. The Balaban J connectivity index is 4.77. The summed E-state index contributed by atoms with van der Waals surface area (Å²) in [5, 5.41) is 0. The van der Waals surface area contributed by atoms with Crippen molar-refractivity contribution in [1.29, 1.82) is 0 Å². The molecule has 0 aliphatic rings. The average molecular weight is 239 g/mol. The molecule has 0 aromatic rings. The van der Waals surface area contributed by atoms with Crippen LogP contribution in [0, 0.1) is 0 Å². The van der Waals surface area contributed by atoms with Crippen LogP contribution in [0.5, 0.6) is 0 Å². The lowest BCUT2D eigenvalue weighted by Gasteiger charge is -2.40. The van der Waals surface area contributed by atoms with Gasteiger partial charge in [0.15, 0.2) is 0 Å². The molecule has 3 nitrogen and oxygen atoms in total. The van der Waals surface area contributed by atoms with E-state index in [1.54, 1.807) is 0 Å². The lowest BCUT2D eigenvalue weighted by molar-refractivity contribution is 0.118. The molecular formula is C14H29N3. The summed E-state index contributed by atoms with van der Waals surface area (Å²) in [6, 6.07) is 3.17. The molecular weight excluding hydrogens is 210 g/mol. The van der Waals surface area contributed by atoms with Crippen molar-refractivity contribution in [3.8, 4) is 0 Å². The van der Waals surface area contributed by atoms with E-state index in [1.165, 1.54) is 0 Å². The van der Waals surface area contributed by atoms with Gasteiger partial charge in [0, 0.05) is 12.1 Å². The SMILES string of the molecule is CCN=C=NC(CC)CC(CC)(CC)N(C)C. The largest absolute Gasteiger partial charge is 0.304 e. The molecule has 0 aromatic heterocycles. The van der Waals surface area contributed by atoms with E-state index in [0.717, 1.165) is 32.2 Å². The number of hydrogen-bond acceptors (Lipinski definition) is 3. The fourth-order valence-corrected chi connectivity index (χ4v) is 2.27. The van der Waals surface area contributed by atoms with E-state index in [4.69, 9.17) is 0 Å². The van der Waals surface area contributed by atoms with Crippen molar-refractivity contribution in [2.75, 3.05) is 20.6 Å². The van der Waals surface area contributed by atoms with Gasteiger partial charge >= 0.3 is 0 Å². The van der Waals surface area contributed by atoms with Crippen molar-refractivity contribution in [1.82, 2.24) is 4.90 Å². The van der Waals surface area contributed by atoms with E-state index in [-0.39, 0.29) is 5.54 Å². The van der Waals surface area contributed by atoms with E-state index in [1.807, 2.05) is 6.92 Å². The molecule has 0 radical (unpaired) electrons. The van der Waals surface area contributed by atoms with Gasteiger partial charge in [0.2, 0.25) is 0 Å². The third kappa shape index (κ3) is 5.01. The van der Waals surface area contributed by atoms with Crippen LogP contribution >= 0.6 is 0 Å². The monoisotopic (exact) mass is 239 g/mol. The molecule has 0 spiro atoms. The molecule has 0 heterocycles. The van der Waals surface area contributed by atoms with Gasteiger partial charge in [-0.1, -0.05) is 20.8 Å². The van der Waals surface area contributed by atoms with Crippen LogP contribution in [0.1, 0.15) is 53.4 Å². The van der Waals surface area contributed by atoms with Crippen LogP contribution in [0.3, 0.4) is 0 Å². The van der Waals surface area contributed by atoms with E-state index < -0.39 is 0 Å². The lowest BCUT2D eigenvalue weighted by atomic mass is 9.84. The summed E-state index contributed by atoms with van der Waals surface area (Å²) < 4.78 is 0. The zero-order valence-corrected chi connectivity index (χ0v) is 12.5. The van der Waals surface area contributed by atoms with Gasteiger partial charge < -0.3 is 4.90 Å². The Morgan fingerprint density at radius 1 is 1.12 bits per heavy atom. The second-order valence-electron chi connectivity index (χ2n) is 4.80. The van der Waals surface area contributed by atoms with Gasteiger partial charge in [0.25, 0.3) is 0 Å². The Hall–Kier alpha value is -0.660. The van der Waals surface area contributed by atoms with E-state index in [0.29, 0.717) is 6.04 Å². The molecule has 0 saturated heterocycles. The Labute approximate surface area is 107 Å². The standard InChI is InChI=1S/C14H29N3/c1-7-13(16-12-15-10-4)11-14(8-2,9-3)17(5)6/h13H,7-11H2,1-6H3. The third-order valence-corrected chi connectivity index (χ3v) is 3.82. The Kier molecular flexibility index (Phi) is 8.11. The molecule has 0 aliphatic heterocycles.